The molecule has 26 heavy (non-hydrogen) atoms. The molecule has 1 aromatic carbocycles. The van der Waals surface area contributed by atoms with Crippen molar-refractivity contribution < 1.29 is 37.3 Å². The van der Waals surface area contributed by atoms with Gasteiger partial charge in [0, 0.05) is 25.6 Å². The number of hydrogen-bond donors (Lipinski definition) is 1. The highest BCUT2D eigenvalue weighted by atomic mass is 19.4. The number of likely N-dealkylation sites (tertiary alicyclic amines) is 1. The number of halogens is 3. The third-order valence-electron chi connectivity index (χ3n) is 4.97. The number of carboxylic acids is 1. The maximum Gasteiger partial charge on any atom is 0.573 e. The van der Waals surface area contributed by atoms with Crippen molar-refractivity contribution in [3.05, 3.63) is 29.8 Å². The molecule has 0 spiro atoms. The van der Waals surface area contributed by atoms with E-state index < -0.39 is 23.5 Å². The average molecular weight is 373 g/mol. The maximum absolute atomic E-state index is 12.5. The summed E-state index contributed by atoms with van der Waals surface area (Å²) < 4.78 is 46.1. The summed E-state index contributed by atoms with van der Waals surface area (Å²) in [5, 5.41) is 9.62. The normalized spacial score (nSPS) is 25.7. The molecule has 1 N–H and O–H groups in total. The molecule has 3 rings (SSSR count). The van der Waals surface area contributed by atoms with Gasteiger partial charge in [-0.2, -0.15) is 0 Å². The van der Waals surface area contributed by atoms with Gasteiger partial charge in [-0.1, -0.05) is 12.1 Å². The number of carbonyl (C=O) groups excluding carboxylic acids is 1. The zero-order chi connectivity index (χ0) is 18.9. The third kappa shape index (κ3) is 3.77. The molecule has 0 aliphatic carbocycles. The standard InChI is InChI=1S/C17H18F3NO5/c18-17(19,20)26-13-3-1-2-11(6-13)7-14(22)21-8-12-9-25-5-4-16(12,10-21)15(23)24/h1-3,6,12H,4-5,7-10H2,(H,23,24)/t12-,16+/m0/s1. The lowest BCUT2D eigenvalue weighted by molar-refractivity contribution is -0.274. The van der Waals surface area contributed by atoms with Crippen LogP contribution in [-0.2, 0) is 20.7 Å². The molecule has 0 aromatic heterocycles. The predicted molar refractivity (Wildman–Crippen MR) is 82.4 cm³/mol. The van der Waals surface area contributed by atoms with Crippen LogP contribution in [-0.4, -0.2) is 54.5 Å². The van der Waals surface area contributed by atoms with E-state index in [0.717, 1.165) is 12.1 Å². The second kappa shape index (κ2) is 6.79. The number of amides is 1. The van der Waals surface area contributed by atoms with Crippen molar-refractivity contribution in [1.82, 2.24) is 4.90 Å². The second-order valence-corrected chi connectivity index (χ2v) is 6.63. The fourth-order valence-corrected chi connectivity index (χ4v) is 3.63. The molecule has 9 heteroatoms. The Hall–Kier alpha value is -2.29. The van der Waals surface area contributed by atoms with Gasteiger partial charge in [-0.15, -0.1) is 13.2 Å². The lowest BCUT2D eigenvalue weighted by Crippen LogP contribution is -2.45. The number of nitrogens with zero attached hydrogens (tertiary/aromatic N) is 1. The smallest absolute Gasteiger partial charge is 0.481 e. The molecule has 2 heterocycles. The van der Waals surface area contributed by atoms with Crippen LogP contribution in [0.2, 0.25) is 0 Å². The Morgan fingerprint density at radius 2 is 2.15 bits per heavy atom. The largest absolute Gasteiger partial charge is 0.573 e. The molecule has 0 unspecified atom stereocenters. The summed E-state index contributed by atoms with van der Waals surface area (Å²) in [6.45, 7) is 0.977. The maximum atomic E-state index is 12.5. The van der Waals surface area contributed by atoms with Crippen LogP contribution in [0.5, 0.6) is 5.75 Å². The van der Waals surface area contributed by atoms with E-state index in [-0.39, 0.29) is 37.9 Å². The van der Waals surface area contributed by atoms with Gasteiger partial charge in [-0.25, -0.2) is 0 Å². The van der Waals surface area contributed by atoms with Crippen molar-refractivity contribution in [3.63, 3.8) is 0 Å². The van der Waals surface area contributed by atoms with Crippen molar-refractivity contribution in [3.8, 4) is 5.75 Å². The monoisotopic (exact) mass is 373 g/mol. The van der Waals surface area contributed by atoms with E-state index in [2.05, 4.69) is 4.74 Å². The van der Waals surface area contributed by atoms with Crippen molar-refractivity contribution >= 4 is 11.9 Å². The molecule has 0 radical (unpaired) electrons. The first-order valence-corrected chi connectivity index (χ1v) is 8.13. The summed E-state index contributed by atoms with van der Waals surface area (Å²) in [5.74, 6) is -1.95. The van der Waals surface area contributed by atoms with E-state index in [0.29, 0.717) is 18.6 Å². The number of fused-ring (bicyclic) bond motifs is 1. The van der Waals surface area contributed by atoms with Crippen molar-refractivity contribution in [1.29, 1.82) is 0 Å². The Morgan fingerprint density at radius 3 is 2.81 bits per heavy atom. The van der Waals surface area contributed by atoms with Crippen molar-refractivity contribution in [2.75, 3.05) is 26.3 Å². The highest BCUT2D eigenvalue weighted by Gasteiger charge is 2.54. The van der Waals surface area contributed by atoms with Crippen molar-refractivity contribution in [2.45, 2.75) is 19.2 Å². The molecular weight excluding hydrogens is 355 g/mol. The van der Waals surface area contributed by atoms with Crippen LogP contribution >= 0.6 is 0 Å². The van der Waals surface area contributed by atoms with Gasteiger partial charge in [0.15, 0.2) is 0 Å². The molecule has 2 atom stereocenters. The molecular formula is C17H18F3NO5. The number of carboxylic acid groups (broad SMARTS) is 1. The van der Waals surface area contributed by atoms with Gasteiger partial charge in [0.1, 0.15) is 5.75 Å². The highest BCUT2D eigenvalue weighted by Crippen LogP contribution is 2.42. The number of aliphatic carboxylic acids is 1. The van der Waals surface area contributed by atoms with Crippen LogP contribution in [0, 0.1) is 11.3 Å². The number of hydrogen-bond acceptors (Lipinski definition) is 4. The van der Waals surface area contributed by atoms with Crippen LogP contribution in [0.1, 0.15) is 12.0 Å². The summed E-state index contributed by atoms with van der Waals surface area (Å²) in [4.78, 5) is 25.8. The van der Waals surface area contributed by atoms with Gasteiger partial charge in [0.05, 0.1) is 18.4 Å². The topological polar surface area (TPSA) is 76.1 Å². The summed E-state index contributed by atoms with van der Waals surface area (Å²) >= 11 is 0. The first kappa shape index (κ1) is 18.5. The zero-order valence-corrected chi connectivity index (χ0v) is 13.8. The zero-order valence-electron chi connectivity index (χ0n) is 13.8. The quantitative estimate of drug-likeness (QED) is 0.875. The second-order valence-electron chi connectivity index (χ2n) is 6.63. The molecule has 0 saturated carbocycles. The molecule has 6 nitrogen and oxygen atoms in total. The summed E-state index contributed by atoms with van der Waals surface area (Å²) in [5.41, 5.74) is -0.637. The fourth-order valence-electron chi connectivity index (χ4n) is 3.63. The molecule has 1 amide bonds. The van der Waals surface area contributed by atoms with Crippen LogP contribution < -0.4 is 4.74 Å². The van der Waals surface area contributed by atoms with E-state index in [1.807, 2.05) is 0 Å². The molecule has 1 aromatic rings. The van der Waals surface area contributed by atoms with Gasteiger partial charge in [-0.05, 0) is 24.1 Å². The van der Waals surface area contributed by atoms with Gasteiger partial charge in [0.2, 0.25) is 5.91 Å². The van der Waals surface area contributed by atoms with Crippen LogP contribution in [0.15, 0.2) is 24.3 Å². The lowest BCUT2D eigenvalue weighted by Gasteiger charge is -2.33. The molecule has 2 aliphatic rings. The Morgan fingerprint density at radius 1 is 1.38 bits per heavy atom. The van der Waals surface area contributed by atoms with E-state index in [1.54, 1.807) is 0 Å². The first-order chi connectivity index (χ1) is 12.2. The molecule has 2 saturated heterocycles. The number of benzene rings is 1. The van der Waals surface area contributed by atoms with E-state index in [1.165, 1.54) is 17.0 Å². The number of rotatable bonds is 4. The Labute approximate surface area is 147 Å². The number of alkyl halides is 3. The minimum atomic E-state index is -4.80. The molecule has 142 valence electrons. The van der Waals surface area contributed by atoms with Crippen LogP contribution in [0.25, 0.3) is 0 Å². The van der Waals surface area contributed by atoms with Gasteiger partial charge >= 0.3 is 12.3 Å². The van der Waals surface area contributed by atoms with Gasteiger partial charge < -0.3 is 19.5 Å². The van der Waals surface area contributed by atoms with E-state index >= 15 is 0 Å². The minimum absolute atomic E-state index is 0.0912. The molecule has 0 bridgehead atoms. The van der Waals surface area contributed by atoms with Gasteiger partial charge in [0.25, 0.3) is 0 Å². The highest BCUT2D eigenvalue weighted by molar-refractivity contribution is 5.82. The first-order valence-electron chi connectivity index (χ1n) is 8.13. The minimum Gasteiger partial charge on any atom is -0.481 e. The SMILES string of the molecule is O=C(Cc1cccc(OC(F)(F)F)c1)N1C[C@H]2COCC[C@@]2(C(=O)O)C1. The van der Waals surface area contributed by atoms with E-state index in [9.17, 15) is 27.9 Å². The van der Waals surface area contributed by atoms with Gasteiger partial charge in [-0.3, -0.25) is 9.59 Å². The Balaban J connectivity index is 1.69. The number of carbonyl (C=O) groups is 2. The average Bonchev–Trinajstić information content (AvgIpc) is 2.94. The van der Waals surface area contributed by atoms with Crippen LogP contribution in [0.4, 0.5) is 13.2 Å². The third-order valence-corrected chi connectivity index (χ3v) is 4.97. The summed E-state index contributed by atoms with van der Waals surface area (Å²) in [6.07, 6.45) is -4.59. The Kier molecular flexibility index (Phi) is 4.83. The van der Waals surface area contributed by atoms with E-state index in [4.69, 9.17) is 4.74 Å². The molecule has 2 aliphatic heterocycles. The van der Waals surface area contributed by atoms with Crippen LogP contribution in [0.3, 0.4) is 0 Å². The van der Waals surface area contributed by atoms with Crippen molar-refractivity contribution in [2.24, 2.45) is 11.3 Å². The number of ether oxygens (including phenoxy) is 2. The summed E-state index contributed by atoms with van der Waals surface area (Å²) in [7, 11) is 0. The lowest BCUT2D eigenvalue weighted by atomic mass is 9.74. The fraction of sp³-hybridized carbons (Fsp3) is 0.529. The molecule has 2 fully saturated rings. The predicted octanol–water partition coefficient (Wildman–Crippen LogP) is 2.08. The summed E-state index contributed by atoms with van der Waals surface area (Å²) in [6, 6.07) is 5.22. The Bertz CT molecular complexity index is 708.